The van der Waals surface area contributed by atoms with E-state index in [9.17, 15) is 13.2 Å². The van der Waals surface area contributed by atoms with Crippen molar-refractivity contribution in [3.8, 4) is 0 Å². The first kappa shape index (κ1) is 14.3. The maximum absolute atomic E-state index is 12.1. The van der Waals surface area contributed by atoms with Crippen LogP contribution in [0.15, 0.2) is 23.1 Å². The van der Waals surface area contributed by atoms with Crippen LogP contribution in [0.1, 0.15) is 30.1 Å². The van der Waals surface area contributed by atoms with Gasteiger partial charge < -0.3 is 5.11 Å². The fourth-order valence-corrected chi connectivity index (χ4v) is 3.30. The Morgan fingerprint density at radius 1 is 1.47 bits per heavy atom. The lowest BCUT2D eigenvalue weighted by Crippen LogP contribution is -2.29. The lowest BCUT2D eigenvalue weighted by atomic mass is 10.2. The molecule has 19 heavy (non-hydrogen) atoms. The van der Waals surface area contributed by atoms with Gasteiger partial charge in [0.15, 0.2) is 0 Å². The van der Waals surface area contributed by atoms with Crippen molar-refractivity contribution in [2.45, 2.75) is 24.7 Å². The molecule has 0 saturated heterocycles. The fraction of sp³-hybridized carbons (Fsp3) is 0.417. The Kier molecular flexibility index (Phi) is 3.59. The number of halogens is 1. The SMILES string of the molecule is CC1(CNS(=O)(=O)c2cc(C(=O)O)ccc2Cl)CC1. The second kappa shape index (κ2) is 4.77. The number of benzene rings is 1. The van der Waals surface area contributed by atoms with E-state index in [1.807, 2.05) is 6.92 Å². The summed E-state index contributed by atoms with van der Waals surface area (Å²) in [7, 11) is -3.79. The standard InChI is InChI=1S/C12H14ClNO4S/c1-12(4-5-12)7-14-19(17,18)10-6-8(11(15)16)2-3-9(10)13/h2-3,6,14H,4-5,7H2,1H3,(H,15,16). The van der Waals surface area contributed by atoms with Crippen LogP contribution in [-0.2, 0) is 10.0 Å². The van der Waals surface area contributed by atoms with Gasteiger partial charge in [0.2, 0.25) is 10.0 Å². The average Bonchev–Trinajstić information content (AvgIpc) is 3.06. The summed E-state index contributed by atoms with van der Waals surface area (Å²) in [5, 5.41) is 8.89. The molecule has 0 bridgehead atoms. The summed E-state index contributed by atoms with van der Waals surface area (Å²) in [6.45, 7) is 2.33. The van der Waals surface area contributed by atoms with Crippen LogP contribution < -0.4 is 4.72 Å². The Balaban J connectivity index is 2.28. The highest BCUT2D eigenvalue weighted by Crippen LogP contribution is 2.44. The van der Waals surface area contributed by atoms with Crippen molar-refractivity contribution in [2.75, 3.05) is 6.54 Å². The summed E-state index contributed by atoms with van der Waals surface area (Å²) in [5.74, 6) is -1.19. The topological polar surface area (TPSA) is 83.5 Å². The van der Waals surface area contributed by atoms with Crippen molar-refractivity contribution in [2.24, 2.45) is 5.41 Å². The van der Waals surface area contributed by atoms with E-state index in [1.165, 1.54) is 12.1 Å². The Hall–Kier alpha value is -1.11. The van der Waals surface area contributed by atoms with E-state index in [-0.39, 0.29) is 20.9 Å². The van der Waals surface area contributed by atoms with E-state index in [2.05, 4.69) is 4.72 Å². The molecule has 0 amide bonds. The van der Waals surface area contributed by atoms with Gasteiger partial charge in [-0.2, -0.15) is 0 Å². The molecule has 1 aliphatic carbocycles. The normalized spacial score (nSPS) is 17.2. The third-order valence-electron chi connectivity index (χ3n) is 3.26. The van der Waals surface area contributed by atoms with Crippen LogP contribution in [0.3, 0.4) is 0 Å². The van der Waals surface area contributed by atoms with Crippen molar-refractivity contribution < 1.29 is 18.3 Å². The lowest BCUT2D eigenvalue weighted by Gasteiger charge is -2.12. The number of carboxylic acids is 1. The van der Waals surface area contributed by atoms with E-state index >= 15 is 0 Å². The molecule has 1 saturated carbocycles. The average molecular weight is 304 g/mol. The molecule has 1 aromatic rings. The first-order valence-electron chi connectivity index (χ1n) is 5.76. The molecule has 0 radical (unpaired) electrons. The first-order chi connectivity index (χ1) is 8.73. The second-order valence-electron chi connectivity index (χ2n) is 5.09. The molecule has 0 heterocycles. The predicted molar refractivity (Wildman–Crippen MR) is 70.9 cm³/mol. The highest BCUT2D eigenvalue weighted by Gasteiger charge is 2.38. The summed E-state index contributed by atoms with van der Waals surface area (Å²) in [5.41, 5.74) is -0.0911. The van der Waals surface area contributed by atoms with Crippen LogP contribution in [0.25, 0.3) is 0 Å². The third-order valence-corrected chi connectivity index (χ3v) is 5.14. The van der Waals surface area contributed by atoms with Gasteiger partial charge in [0.05, 0.1) is 10.6 Å². The monoisotopic (exact) mass is 303 g/mol. The Morgan fingerprint density at radius 3 is 2.63 bits per heavy atom. The zero-order valence-electron chi connectivity index (χ0n) is 10.3. The number of carbonyl (C=O) groups is 1. The van der Waals surface area contributed by atoms with Crippen LogP contribution in [0, 0.1) is 5.41 Å². The summed E-state index contributed by atoms with van der Waals surface area (Å²) in [4.78, 5) is 10.7. The molecule has 0 aromatic heterocycles. The first-order valence-corrected chi connectivity index (χ1v) is 7.62. The van der Waals surface area contributed by atoms with Gasteiger partial charge in [-0.1, -0.05) is 18.5 Å². The van der Waals surface area contributed by atoms with Gasteiger partial charge >= 0.3 is 5.97 Å². The van der Waals surface area contributed by atoms with E-state index < -0.39 is 16.0 Å². The van der Waals surface area contributed by atoms with Gasteiger partial charge in [-0.05, 0) is 36.5 Å². The molecule has 2 rings (SSSR count). The summed E-state index contributed by atoms with van der Waals surface area (Å²) < 4.78 is 26.7. The van der Waals surface area contributed by atoms with E-state index in [0.717, 1.165) is 18.9 Å². The molecule has 0 aliphatic heterocycles. The van der Waals surface area contributed by atoms with Crippen LogP contribution in [0.4, 0.5) is 0 Å². The molecular weight excluding hydrogens is 290 g/mol. The van der Waals surface area contributed by atoms with Crippen molar-refractivity contribution in [1.82, 2.24) is 4.72 Å². The largest absolute Gasteiger partial charge is 0.478 e. The molecule has 104 valence electrons. The highest BCUT2D eigenvalue weighted by molar-refractivity contribution is 7.89. The minimum atomic E-state index is -3.79. The van der Waals surface area contributed by atoms with Gasteiger partial charge in [0.1, 0.15) is 4.90 Å². The van der Waals surface area contributed by atoms with Crippen molar-refractivity contribution in [3.05, 3.63) is 28.8 Å². The molecule has 7 heteroatoms. The number of hydrogen-bond acceptors (Lipinski definition) is 3. The smallest absolute Gasteiger partial charge is 0.335 e. The van der Waals surface area contributed by atoms with Crippen molar-refractivity contribution >= 4 is 27.6 Å². The van der Waals surface area contributed by atoms with Crippen LogP contribution >= 0.6 is 11.6 Å². The minimum absolute atomic E-state index is 0.0125. The molecule has 0 spiro atoms. The van der Waals surface area contributed by atoms with Crippen LogP contribution in [0.5, 0.6) is 0 Å². The maximum atomic E-state index is 12.1. The minimum Gasteiger partial charge on any atom is -0.478 e. The molecule has 1 aliphatic rings. The van der Waals surface area contributed by atoms with Gasteiger partial charge in [-0.3, -0.25) is 0 Å². The van der Waals surface area contributed by atoms with Crippen LogP contribution in [-0.4, -0.2) is 26.0 Å². The maximum Gasteiger partial charge on any atom is 0.335 e. The van der Waals surface area contributed by atoms with E-state index in [0.29, 0.717) is 6.54 Å². The third kappa shape index (κ3) is 3.26. The molecular formula is C12H14ClNO4S. The number of hydrogen-bond donors (Lipinski definition) is 2. The van der Waals surface area contributed by atoms with Gasteiger partial charge in [-0.15, -0.1) is 0 Å². The second-order valence-corrected chi connectivity index (χ2v) is 7.23. The number of nitrogens with one attached hydrogen (secondary N) is 1. The highest BCUT2D eigenvalue weighted by atomic mass is 35.5. The Labute approximate surface area is 116 Å². The van der Waals surface area contributed by atoms with Gasteiger partial charge in [0, 0.05) is 6.54 Å². The Morgan fingerprint density at radius 2 is 2.11 bits per heavy atom. The molecule has 0 unspecified atom stereocenters. The summed E-state index contributed by atoms with van der Waals surface area (Å²) in [6.07, 6.45) is 1.97. The quantitative estimate of drug-likeness (QED) is 0.872. The zero-order chi connectivity index (χ0) is 14.3. The van der Waals surface area contributed by atoms with Gasteiger partial charge in [0.25, 0.3) is 0 Å². The zero-order valence-corrected chi connectivity index (χ0v) is 11.9. The summed E-state index contributed by atoms with van der Waals surface area (Å²) >= 11 is 5.84. The van der Waals surface area contributed by atoms with E-state index in [4.69, 9.17) is 16.7 Å². The Bertz CT molecular complexity index is 623. The number of sulfonamides is 1. The molecule has 2 N–H and O–H groups in total. The number of rotatable bonds is 5. The number of aromatic carboxylic acids is 1. The van der Waals surface area contributed by atoms with Crippen molar-refractivity contribution in [3.63, 3.8) is 0 Å². The van der Waals surface area contributed by atoms with Crippen molar-refractivity contribution in [1.29, 1.82) is 0 Å². The van der Waals surface area contributed by atoms with Gasteiger partial charge in [-0.25, -0.2) is 17.9 Å². The molecule has 0 atom stereocenters. The molecule has 1 fully saturated rings. The molecule has 1 aromatic carbocycles. The summed E-state index contributed by atoms with van der Waals surface area (Å²) in [6, 6.07) is 3.62. The fourth-order valence-electron chi connectivity index (χ4n) is 1.58. The lowest BCUT2D eigenvalue weighted by molar-refractivity contribution is 0.0696. The van der Waals surface area contributed by atoms with E-state index in [1.54, 1.807) is 0 Å². The molecule has 5 nitrogen and oxygen atoms in total. The number of carboxylic acid groups (broad SMARTS) is 1. The van der Waals surface area contributed by atoms with Crippen LogP contribution in [0.2, 0.25) is 5.02 Å². The predicted octanol–water partition coefficient (Wildman–Crippen LogP) is 2.12.